The molecule has 0 saturated heterocycles. The van der Waals surface area contributed by atoms with Gasteiger partial charge in [-0.15, -0.1) is 0 Å². The molecule has 1 N–H and O–H groups in total. The maximum absolute atomic E-state index is 14.2. The Hall–Kier alpha value is -0.890. The Morgan fingerprint density at radius 1 is 1.14 bits per heavy atom. The average Bonchev–Trinajstić information content (AvgIpc) is 2.49. The van der Waals surface area contributed by atoms with E-state index >= 15 is 0 Å². The van der Waals surface area contributed by atoms with E-state index < -0.39 is 0 Å². The predicted octanol–water partition coefficient (Wildman–Crippen LogP) is 5.78. The summed E-state index contributed by atoms with van der Waals surface area (Å²) in [5.41, 5.74) is 1.98. The molecule has 0 aliphatic rings. The van der Waals surface area contributed by atoms with Crippen LogP contribution in [0.3, 0.4) is 0 Å². The van der Waals surface area contributed by atoms with Crippen LogP contribution in [0.25, 0.3) is 0 Å². The van der Waals surface area contributed by atoms with Crippen LogP contribution in [0.2, 0.25) is 0 Å². The van der Waals surface area contributed by atoms with Gasteiger partial charge in [-0.25, -0.2) is 4.39 Å². The first kappa shape index (κ1) is 18.2. The lowest BCUT2D eigenvalue weighted by molar-refractivity contribution is 0.347. The fourth-order valence-electron chi connectivity index (χ4n) is 2.88. The molecule has 0 amide bonds. The second-order valence-electron chi connectivity index (χ2n) is 6.18. The van der Waals surface area contributed by atoms with Crippen molar-refractivity contribution in [3.8, 4) is 0 Å². The Labute approximate surface area is 130 Å². The molecule has 2 atom stereocenters. The molecule has 0 aliphatic carbocycles. The first-order chi connectivity index (χ1) is 10.1. The summed E-state index contributed by atoms with van der Waals surface area (Å²) in [5.74, 6) is 0.610. The fourth-order valence-corrected chi connectivity index (χ4v) is 2.88. The maximum Gasteiger partial charge on any atom is 0.127 e. The van der Waals surface area contributed by atoms with E-state index in [1.807, 2.05) is 19.1 Å². The Morgan fingerprint density at radius 3 is 2.52 bits per heavy atom. The van der Waals surface area contributed by atoms with Gasteiger partial charge in [0.15, 0.2) is 0 Å². The molecule has 1 aromatic carbocycles. The minimum Gasteiger partial charge on any atom is -0.310 e. The number of nitrogens with one attached hydrogen (secondary N) is 1. The largest absolute Gasteiger partial charge is 0.310 e. The molecule has 21 heavy (non-hydrogen) atoms. The number of unbranched alkanes of at least 4 members (excludes halogenated alkanes) is 1. The lowest BCUT2D eigenvalue weighted by Gasteiger charge is -2.25. The lowest BCUT2D eigenvalue weighted by Crippen LogP contribution is -2.25. The Morgan fingerprint density at radius 2 is 1.90 bits per heavy atom. The van der Waals surface area contributed by atoms with E-state index in [1.54, 1.807) is 6.07 Å². The van der Waals surface area contributed by atoms with Gasteiger partial charge in [0.1, 0.15) is 5.82 Å². The van der Waals surface area contributed by atoms with Gasteiger partial charge in [0.2, 0.25) is 0 Å². The standard InChI is InChI=1S/C19H32FN/c1-5-8-9-16(7-3)14-19(21-12-6-2)17-13-15(4)10-11-18(17)20/h10-11,13,16,19,21H,5-9,12,14H2,1-4H3. The molecule has 0 aliphatic heterocycles. The van der Waals surface area contributed by atoms with E-state index in [2.05, 4.69) is 26.1 Å². The number of hydrogen-bond donors (Lipinski definition) is 1. The third-order valence-corrected chi connectivity index (χ3v) is 4.28. The zero-order chi connectivity index (χ0) is 15.7. The van der Waals surface area contributed by atoms with Gasteiger partial charge in [0.25, 0.3) is 0 Å². The minimum atomic E-state index is -0.0699. The van der Waals surface area contributed by atoms with Crippen LogP contribution >= 0.6 is 0 Å². The van der Waals surface area contributed by atoms with E-state index in [-0.39, 0.29) is 11.9 Å². The highest BCUT2D eigenvalue weighted by molar-refractivity contribution is 5.27. The number of aryl methyl sites for hydroxylation is 1. The van der Waals surface area contributed by atoms with Crippen molar-refractivity contribution in [3.05, 3.63) is 35.1 Å². The van der Waals surface area contributed by atoms with Crippen molar-refractivity contribution in [1.82, 2.24) is 5.32 Å². The van der Waals surface area contributed by atoms with Gasteiger partial charge in [-0.2, -0.15) is 0 Å². The molecule has 1 aromatic rings. The van der Waals surface area contributed by atoms with Gasteiger partial charge in [-0.05, 0) is 38.3 Å². The zero-order valence-corrected chi connectivity index (χ0v) is 14.2. The van der Waals surface area contributed by atoms with Crippen LogP contribution in [0, 0.1) is 18.7 Å². The van der Waals surface area contributed by atoms with E-state index in [1.165, 1.54) is 25.7 Å². The van der Waals surface area contributed by atoms with Crippen LogP contribution < -0.4 is 5.32 Å². The first-order valence-electron chi connectivity index (χ1n) is 8.61. The highest BCUT2D eigenvalue weighted by atomic mass is 19.1. The summed E-state index contributed by atoms with van der Waals surface area (Å²) in [4.78, 5) is 0. The van der Waals surface area contributed by atoms with Crippen LogP contribution in [0.15, 0.2) is 18.2 Å². The van der Waals surface area contributed by atoms with Crippen molar-refractivity contribution in [2.75, 3.05) is 6.54 Å². The number of hydrogen-bond acceptors (Lipinski definition) is 1. The van der Waals surface area contributed by atoms with E-state index in [9.17, 15) is 4.39 Å². The van der Waals surface area contributed by atoms with Crippen LogP contribution in [0.4, 0.5) is 4.39 Å². The van der Waals surface area contributed by atoms with Crippen LogP contribution in [-0.4, -0.2) is 6.54 Å². The lowest BCUT2D eigenvalue weighted by atomic mass is 9.88. The zero-order valence-electron chi connectivity index (χ0n) is 14.2. The smallest absolute Gasteiger partial charge is 0.127 e. The Kier molecular flexibility index (Phi) is 8.60. The van der Waals surface area contributed by atoms with Gasteiger partial charge >= 0.3 is 0 Å². The van der Waals surface area contributed by atoms with Gasteiger partial charge < -0.3 is 5.32 Å². The van der Waals surface area contributed by atoms with Gasteiger partial charge in [-0.1, -0.05) is 64.2 Å². The molecule has 0 bridgehead atoms. The normalized spacial score (nSPS) is 14.1. The van der Waals surface area contributed by atoms with E-state index in [0.717, 1.165) is 30.5 Å². The van der Waals surface area contributed by atoms with Gasteiger partial charge in [0, 0.05) is 11.6 Å². The summed E-state index contributed by atoms with van der Waals surface area (Å²) in [5, 5.41) is 3.55. The number of benzene rings is 1. The molecule has 0 saturated carbocycles. The first-order valence-corrected chi connectivity index (χ1v) is 8.61. The summed E-state index contributed by atoms with van der Waals surface area (Å²) < 4.78 is 14.2. The van der Waals surface area contributed by atoms with Crippen molar-refractivity contribution in [2.45, 2.75) is 72.3 Å². The molecule has 0 heterocycles. The molecule has 0 spiro atoms. The van der Waals surface area contributed by atoms with E-state index in [4.69, 9.17) is 0 Å². The molecule has 2 heteroatoms. The second-order valence-corrected chi connectivity index (χ2v) is 6.18. The topological polar surface area (TPSA) is 12.0 Å². The average molecular weight is 293 g/mol. The molecule has 0 fully saturated rings. The maximum atomic E-state index is 14.2. The monoisotopic (exact) mass is 293 g/mol. The molecule has 0 radical (unpaired) electrons. The summed E-state index contributed by atoms with van der Waals surface area (Å²) in [6.07, 6.45) is 7.06. The molecular formula is C19H32FN. The SMILES string of the molecule is CCCCC(CC)CC(NCCC)c1cc(C)ccc1F. The quantitative estimate of drug-likeness (QED) is 0.576. The second kappa shape index (κ2) is 9.94. The highest BCUT2D eigenvalue weighted by Gasteiger charge is 2.19. The fraction of sp³-hybridized carbons (Fsp3) is 0.684. The third kappa shape index (κ3) is 6.17. The van der Waals surface area contributed by atoms with Crippen molar-refractivity contribution >= 4 is 0 Å². The molecule has 120 valence electrons. The van der Waals surface area contributed by atoms with Gasteiger partial charge in [0.05, 0.1) is 0 Å². The Balaban J connectivity index is 2.85. The summed E-state index contributed by atoms with van der Waals surface area (Å²) >= 11 is 0. The summed E-state index contributed by atoms with van der Waals surface area (Å²) in [6, 6.07) is 5.61. The van der Waals surface area contributed by atoms with Crippen molar-refractivity contribution in [1.29, 1.82) is 0 Å². The van der Waals surface area contributed by atoms with Gasteiger partial charge in [-0.3, -0.25) is 0 Å². The third-order valence-electron chi connectivity index (χ3n) is 4.28. The summed E-state index contributed by atoms with van der Waals surface area (Å²) in [7, 11) is 0. The number of rotatable bonds is 10. The summed E-state index contributed by atoms with van der Waals surface area (Å²) in [6.45, 7) is 9.63. The van der Waals surface area contributed by atoms with Crippen LogP contribution in [-0.2, 0) is 0 Å². The molecule has 2 unspecified atom stereocenters. The van der Waals surface area contributed by atoms with Crippen molar-refractivity contribution < 1.29 is 4.39 Å². The molecule has 1 nitrogen and oxygen atoms in total. The minimum absolute atomic E-state index is 0.0699. The highest BCUT2D eigenvalue weighted by Crippen LogP contribution is 2.29. The Bertz CT molecular complexity index is 403. The van der Waals surface area contributed by atoms with Crippen molar-refractivity contribution in [3.63, 3.8) is 0 Å². The van der Waals surface area contributed by atoms with Crippen molar-refractivity contribution in [2.24, 2.45) is 5.92 Å². The number of halogens is 1. The van der Waals surface area contributed by atoms with E-state index in [0.29, 0.717) is 5.92 Å². The van der Waals surface area contributed by atoms with Crippen LogP contribution in [0.1, 0.15) is 76.5 Å². The molecule has 0 aromatic heterocycles. The van der Waals surface area contributed by atoms with Crippen LogP contribution in [0.5, 0.6) is 0 Å². The molecule has 1 rings (SSSR count). The molecular weight excluding hydrogens is 261 g/mol. The predicted molar refractivity (Wildman–Crippen MR) is 90.1 cm³/mol.